The number of piperidine rings is 1. The summed E-state index contributed by atoms with van der Waals surface area (Å²) in [4.78, 5) is 29.5. The number of rotatable bonds is 5. The van der Waals surface area contributed by atoms with Crippen LogP contribution in [0.5, 0.6) is 0 Å². The molecular weight excluding hydrogens is 376 g/mol. The van der Waals surface area contributed by atoms with Crippen LogP contribution >= 0.6 is 0 Å². The molecule has 0 unspecified atom stereocenters. The van der Waals surface area contributed by atoms with E-state index in [0.717, 1.165) is 50.0 Å². The SMILES string of the molecule is O=C(CCc1cnn(-c2ccccc2)c1)N1CCC(C(=O)N2CCCCCC2)CC1. The van der Waals surface area contributed by atoms with Crippen LogP contribution in [0.4, 0.5) is 0 Å². The summed E-state index contributed by atoms with van der Waals surface area (Å²) in [6, 6.07) is 9.98. The second-order valence-corrected chi connectivity index (χ2v) is 8.52. The van der Waals surface area contributed by atoms with Crippen molar-refractivity contribution in [2.24, 2.45) is 5.92 Å². The first-order valence-corrected chi connectivity index (χ1v) is 11.4. The minimum Gasteiger partial charge on any atom is -0.343 e. The van der Waals surface area contributed by atoms with Gasteiger partial charge >= 0.3 is 0 Å². The third-order valence-corrected chi connectivity index (χ3v) is 6.40. The molecule has 30 heavy (non-hydrogen) atoms. The van der Waals surface area contributed by atoms with E-state index in [2.05, 4.69) is 10.00 Å². The van der Waals surface area contributed by atoms with Gasteiger partial charge in [0.05, 0.1) is 11.9 Å². The van der Waals surface area contributed by atoms with Crippen molar-refractivity contribution in [1.29, 1.82) is 0 Å². The van der Waals surface area contributed by atoms with Crippen LogP contribution in [0.1, 0.15) is 50.5 Å². The molecule has 0 spiro atoms. The largest absolute Gasteiger partial charge is 0.343 e. The Bertz CT molecular complexity index is 832. The van der Waals surface area contributed by atoms with E-state index >= 15 is 0 Å². The van der Waals surface area contributed by atoms with Crippen molar-refractivity contribution in [1.82, 2.24) is 19.6 Å². The normalized spacial score (nSPS) is 18.3. The molecule has 0 radical (unpaired) electrons. The maximum absolute atomic E-state index is 12.8. The Kier molecular flexibility index (Phi) is 6.82. The summed E-state index contributed by atoms with van der Waals surface area (Å²) in [5, 5.41) is 4.41. The van der Waals surface area contributed by atoms with Gasteiger partial charge in [0.15, 0.2) is 0 Å². The second kappa shape index (κ2) is 9.92. The average Bonchev–Trinajstić information content (AvgIpc) is 3.11. The Morgan fingerprint density at radius 1 is 0.900 bits per heavy atom. The van der Waals surface area contributed by atoms with E-state index in [4.69, 9.17) is 0 Å². The molecule has 1 aromatic carbocycles. The Labute approximate surface area is 178 Å². The van der Waals surface area contributed by atoms with Crippen molar-refractivity contribution in [3.63, 3.8) is 0 Å². The van der Waals surface area contributed by atoms with Crippen LogP contribution in [0.25, 0.3) is 5.69 Å². The predicted octanol–water partition coefficient (Wildman–Crippen LogP) is 3.45. The smallest absolute Gasteiger partial charge is 0.225 e. The van der Waals surface area contributed by atoms with Gasteiger partial charge in [-0.25, -0.2) is 4.68 Å². The van der Waals surface area contributed by atoms with Crippen LogP contribution in [0.2, 0.25) is 0 Å². The summed E-state index contributed by atoms with van der Waals surface area (Å²) >= 11 is 0. The number of carbonyl (C=O) groups excluding carboxylic acids is 2. The average molecular weight is 409 g/mol. The number of aryl methyl sites for hydroxylation is 1. The lowest BCUT2D eigenvalue weighted by Crippen LogP contribution is -2.44. The Morgan fingerprint density at radius 3 is 2.30 bits per heavy atom. The monoisotopic (exact) mass is 408 g/mol. The molecule has 160 valence electrons. The Hall–Kier alpha value is -2.63. The molecular formula is C24H32N4O2. The quantitative estimate of drug-likeness (QED) is 0.761. The fourth-order valence-electron chi connectivity index (χ4n) is 4.55. The van der Waals surface area contributed by atoms with Gasteiger partial charge in [-0.05, 0) is 49.8 Å². The molecule has 2 saturated heterocycles. The molecule has 0 saturated carbocycles. The highest BCUT2D eigenvalue weighted by atomic mass is 16.2. The summed E-state index contributed by atoms with van der Waals surface area (Å²) in [7, 11) is 0. The first kappa shape index (κ1) is 20.6. The third-order valence-electron chi connectivity index (χ3n) is 6.40. The van der Waals surface area contributed by atoms with Crippen LogP contribution < -0.4 is 0 Å². The van der Waals surface area contributed by atoms with Gasteiger partial charge in [0.2, 0.25) is 11.8 Å². The number of hydrogen-bond acceptors (Lipinski definition) is 3. The van der Waals surface area contributed by atoms with E-state index in [0.29, 0.717) is 31.8 Å². The molecule has 2 aromatic rings. The van der Waals surface area contributed by atoms with Crippen LogP contribution in [0.3, 0.4) is 0 Å². The highest BCUT2D eigenvalue weighted by Crippen LogP contribution is 2.22. The van der Waals surface area contributed by atoms with Gasteiger partial charge in [-0.15, -0.1) is 0 Å². The molecule has 0 bridgehead atoms. The molecule has 3 heterocycles. The molecule has 2 fully saturated rings. The number of para-hydroxylation sites is 1. The molecule has 1 aromatic heterocycles. The summed E-state index contributed by atoms with van der Waals surface area (Å²) in [6.07, 6.45) is 11.3. The number of nitrogens with zero attached hydrogens (tertiary/aromatic N) is 4. The number of amides is 2. The maximum Gasteiger partial charge on any atom is 0.225 e. The van der Waals surface area contributed by atoms with Gasteiger partial charge in [-0.2, -0.15) is 5.10 Å². The van der Waals surface area contributed by atoms with Crippen molar-refractivity contribution in [2.75, 3.05) is 26.2 Å². The number of likely N-dealkylation sites (tertiary alicyclic amines) is 2. The zero-order valence-corrected chi connectivity index (χ0v) is 17.7. The zero-order chi connectivity index (χ0) is 20.8. The lowest BCUT2D eigenvalue weighted by Gasteiger charge is -2.34. The van der Waals surface area contributed by atoms with E-state index in [9.17, 15) is 9.59 Å². The van der Waals surface area contributed by atoms with Crippen molar-refractivity contribution in [3.05, 3.63) is 48.3 Å². The maximum atomic E-state index is 12.8. The van der Waals surface area contributed by atoms with Gasteiger partial charge in [-0.3, -0.25) is 9.59 Å². The summed E-state index contributed by atoms with van der Waals surface area (Å²) in [6.45, 7) is 3.22. The first-order chi connectivity index (χ1) is 14.7. The van der Waals surface area contributed by atoms with E-state index in [1.807, 2.05) is 52.3 Å². The van der Waals surface area contributed by atoms with Crippen LogP contribution in [-0.2, 0) is 16.0 Å². The van der Waals surface area contributed by atoms with Crippen LogP contribution in [-0.4, -0.2) is 57.6 Å². The lowest BCUT2D eigenvalue weighted by molar-refractivity contribution is -0.140. The standard InChI is InChI=1S/C24H32N4O2/c29-23(11-10-20-18-25-28(19-20)22-8-4-3-5-9-22)26-16-12-21(13-17-26)24(30)27-14-6-1-2-7-15-27/h3-5,8-9,18-19,21H,1-2,6-7,10-17H2. The third kappa shape index (κ3) is 5.10. The lowest BCUT2D eigenvalue weighted by atomic mass is 9.94. The molecule has 6 heteroatoms. The number of benzene rings is 1. The van der Waals surface area contributed by atoms with E-state index < -0.39 is 0 Å². The fourth-order valence-corrected chi connectivity index (χ4v) is 4.55. The topological polar surface area (TPSA) is 58.4 Å². The molecule has 0 N–H and O–H groups in total. The van der Waals surface area contributed by atoms with Gasteiger partial charge in [0, 0.05) is 44.7 Å². The molecule has 4 rings (SSSR count). The van der Waals surface area contributed by atoms with E-state index in [1.54, 1.807) is 0 Å². The number of carbonyl (C=O) groups is 2. The second-order valence-electron chi connectivity index (χ2n) is 8.52. The summed E-state index contributed by atoms with van der Waals surface area (Å²) in [5.74, 6) is 0.594. The minimum absolute atomic E-state index is 0.0938. The van der Waals surface area contributed by atoms with Gasteiger partial charge < -0.3 is 9.80 Å². The highest BCUT2D eigenvalue weighted by molar-refractivity contribution is 5.80. The Balaban J connectivity index is 1.23. The predicted molar refractivity (Wildman–Crippen MR) is 116 cm³/mol. The van der Waals surface area contributed by atoms with Crippen LogP contribution in [0, 0.1) is 5.92 Å². The van der Waals surface area contributed by atoms with Gasteiger partial charge in [0.25, 0.3) is 0 Å². The van der Waals surface area contributed by atoms with Crippen molar-refractivity contribution < 1.29 is 9.59 Å². The molecule has 0 aliphatic carbocycles. The van der Waals surface area contributed by atoms with Crippen molar-refractivity contribution >= 4 is 11.8 Å². The Morgan fingerprint density at radius 2 is 1.60 bits per heavy atom. The number of aromatic nitrogens is 2. The van der Waals surface area contributed by atoms with Gasteiger partial charge in [-0.1, -0.05) is 31.0 Å². The molecule has 0 atom stereocenters. The zero-order valence-electron chi connectivity index (χ0n) is 17.7. The molecule has 6 nitrogen and oxygen atoms in total. The minimum atomic E-state index is 0.0938. The van der Waals surface area contributed by atoms with Gasteiger partial charge in [0.1, 0.15) is 0 Å². The fraction of sp³-hybridized carbons (Fsp3) is 0.542. The van der Waals surface area contributed by atoms with Crippen molar-refractivity contribution in [2.45, 2.75) is 51.4 Å². The van der Waals surface area contributed by atoms with E-state index in [-0.39, 0.29) is 11.8 Å². The van der Waals surface area contributed by atoms with Crippen molar-refractivity contribution in [3.8, 4) is 5.69 Å². The first-order valence-electron chi connectivity index (χ1n) is 11.4. The number of hydrogen-bond donors (Lipinski definition) is 0. The highest BCUT2D eigenvalue weighted by Gasteiger charge is 2.30. The van der Waals surface area contributed by atoms with E-state index in [1.165, 1.54) is 12.8 Å². The summed E-state index contributed by atoms with van der Waals surface area (Å²) in [5.41, 5.74) is 2.09. The molecule has 2 aliphatic heterocycles. The molecule has 2 aliphatic rings. The van der Waals surface area contributed by atoms with Crippen LogP contribution in [0.15, 0.2) is 42.7 Å². The molecule has 2 amide bonds. The summed E-state index contributed by atoms with van der Waals surface area (Å²) < 4.78 is 1.85.